The van der Waals surface area contributed by atoms with Gasteiger partial charge in [-0.3, -0.25) is 4.79 Å². The van der Waals surface area contributed by atoms with E-state index in [1.165, 1.54) is 12.8 Å². The molecule has 6 heteroatoms. The number of amides is 1. The first-order valence-electron chi connectivity index (χ1n) is 8.08. The van der Waals surface area contributed by atoms with Gasteiger partial charge in [-0.25, -0.2) is 14.6 Å². The van der Waals surface area contributed by atoms with Crippen molar-refractivity contribution in [3.05, 3.63) is 34.4 Å². The highest BCUT2D eigenvalue weighted by Gasteiger charge is 2.22. The zero-order valence-electron chi connectivity index (χ0n) is 14.2. The van der Waals surface area contributed by atoms with E-state index in [2.05, 4.69) is 20.4 Å². The van der Waals surface area contributed by atoms with Gasteiger partial charge >= 0.3 is 0 Å². The molecule has 1 saturated carbocycles. The summed E-state index contributed by atoms with van der Waals surface area (Å²) in [6.07, 6.45) is 2.83. The summed E-state index contributed by atoms with van der Waals surface area (Å²) < 4.78 is 1.73. The first kappa shape index (κ1) is 15.6. The Labute approximate surface area is 136 Å². The molecule has 0 atom stereocenters. The number of hydrogen-bond acceptors (Lipinski definition) is 4. The lowest BCUT2D eigenvalue weighted by Crippen LogP contribution is -2.27. The van der Waals surface area contributed by atoms with Crippen LogP contribution in [0, 0.1) is 33.6 Å². The van der Waals surface area contributed by atoms with E-state index < -0.39 is 0 Å². The van der Waals surface area contributed by atoms with Gasteiger partial charge in [0.1, 0.15) is 0 Å². The number of nitrogens with zero attached hydrogens (tertiary/aromatic N) is 4. The van der Waals surface area contributed by atoms with Gasteiger partial charge in [0.25, 0.3) is 5.95 Å². The van der Waals surface area contributed by atoms with Crippen LogP contribution in [-0.2, 0) is 11.2 Å². The minimum Gasteiger partial charge on any atom is -0.356 e. The van der Waals surface area contributed by atoms with Crippen molar-refractivity contribution < 1.29 is 4.79 Å². The molecule has 0 saturated heterocycles. The maximum atomic E-state index is 12.1. The fourth-order valence-electron chi connectivity index (χ4n) is 2.73. The second kappa shape index (κ2) is 6.10. The van der Waals surface area contributed by atoms with Gasteiger partial charge in [0.15, 0.2) is 0 Å². The largest absolute Gasteiger partial charge is 0.356 e. The van der Waals surface area contributed by atoms with Crippen LogP contribution in [0.5, 0.6) is 0 Å². The maximum Gasteiger partial charge on any atom is 0.251 e. The molecule has 1 aliphatic rings. The average molecular weight is 313 g/mol. The van der Waals surface area contributed by atoms with Crippen molar-refractivity contribution in [3.63, 3.8) is 0 Å². The van der Waals surface area contributed by atoms with Crippen LogP contribution in [0.2, 0.25) is 0 Å². The summed E-state index contributed by atoms with van der Waals surface area (Å²) in [7, 11) is 0. The molecule has 122 valence electrons. The number of carbonyl (C=O) groups excluding carboxylic acids is 1. The zero-order chi connectivity index (χ0) is 16.6. The van der Waals surface area contributed by atoms with Gasteiger partial charge in [-0.15, -0.1) is 0 Å². The van der Waals surface area contributed by atoms with E-state index in [1.807, 2.05) is 33.8 Å². The van der Waals surface area contributed by atoms with Crippen LogP contribution in [0.15, 0.2) is 6.07 Å². The van der Waals surface area contributed by atoms with E-state index in [0.717, 1.165) is 34.9 Å². The Morgan fingerprint density at radius 1 is 1.22 bits per heavy atom. The Bertz CT molecular complexity index is 725. The van der Waals surface area contributed by atoms with Gasteiger partial charge in [0.05, 0.1) is 12.1 Å². The summed E-state index contributed by atoms with van der Waals surface area (Å²) in [5.74, 6) is 1.31. The van der Waals surface area contributed by atoms with Crippen molar-refractivity contribution in [2.75, 3.05) is 6.54 Å². The van der Waals surface area contributed by atoms with Crippen LogP contribution in [-0.4, -0.2) is 32.2 Å². The Hall–Kier alpha value is -2.24. The Morgan fingerprint density at radius 2 is 1.87 bits per heavy atom. The summed E-state index contributed by atoms with van der Waals surface area (Å²) in [5.41, 5.74) is 4.55. The molecule has 2 heterocycles. The standard InChI is InChI=1S/C17H23N5O/c1-10-7-11(2)20-17(19-10)22-13(4)15(12(3)21-22)8-16(23)18-9-14-5-6-14/h7,14H,5-6,8-9H2,1-4H3,(H,18,23). The smallest absolute Gasteiger partial charge is 0.251 e. The predicted octanol–water partition coefficient (Wildman–Crippen LogP) is 1.96. The number of aryl methyl sites for hydroxylation is 3. The third kappa shape index (κ3) is 3.57. The van der Waals surface area contributed by atoms with E-state index >= 15 is 0 Å². The SMILES string of the molecule is Cc1cc(C)nc(-n2nc(C)c(CC(=O)NCC3CC3)c2C)n1. The molecule has 0 bridgehead atoms. The minimum absolute atomic E-state index is 0.0593. The van der Waals surface area contributed by atoms with Crippen LogP contribution < -0.4 is 5.32 Å². The molecule has 0 unspecified atom stereocenters. The van der Waals surface area contributed by atoms with E-state index in [1.54, 1.807) is 4.68 Å². The highest BCUT2D eigenvalue weighted by Crippen LogP contribution is 2.27. The second-order valence-electron chi connectivity index (χ2n) is 6.44. The molecule has 1 fully saturated rings. The van der Waals surface area contributed by atoms with Crippen LogP contribution in [0.1, 0.15) is 41.2 Å². The van der Waals surface area contributed by atoms with Gasteiger partial charge in [0, 0.05) is 29.2 Å². The van der Waals surface area contributed by atoms with Crippen LogP contribution >= 0.6 is 0 Å². The Balaban J connectivity index is 1.82. The summed E-state index contributed by atoms with van der Waals surface area (Å²) in [6.45, 7) is 8.57. The average Bonchev–Trinajstić information content (AvgIpc) is 3.26. The van der Waals surface area contributed by atoms with Crippen molar-refractivity contribution >= 4 is 5.91 Å². The molecule has 2 aromatic rings. The first-order chi connectivity index (χ1) is 10.9. The lowest BCUT2D eigenvalue weighted by Gasteiger charge is -2.06. The third-order valence-corrected chi connectivity index (χ3v) is 4.22. The van der Waals surface area contributed by atoms with Gasteiger partial charge < -0.3 is 5.32 Å². The zero-order valence-corrected chi connectivity index (χ0v) is 14.2. The van der Waals surface area contributed by atoms with Gasteiger partial charge in [-0.05, 0) is 52.5 Å². The number of rotatable bonds is 5. The Morgan fingerprint density at radius 3 is 2.48 bits per heavy atom. The lowest BCUT2D eigenvalue weighted by molar-refractivity contribution is -0.120. The van der Waals surface area contributed by atoms with Gasteiger partial charge in [-0.2, -0.15) is 5.10 Å². The van der Waals surface area contributed by atoms with Crippen LogP contribution in [0.3, 0.4) is 0 Å². The van der Waals surface area contributed by atoms with Crippen LogP contribution in [0.4, 0.5) is 0 Å². The van der Waals surface area contributed by atoms with E-state index in [0.29, 0.717) is 18.3 Å². The molecule has 2 aromatic heterocycles. The van der Waals surface area contributed by atoms with Crippen molar-refractivity contribution in [1.82, 2.24) is 25.1 Å². The highest BCUT2D eigenvalue weighted by atomic mass is 16.1. The molecule has 0 radical (unpaired) electrons. The summed E-state index contributed by atoms with van der Waals surface area (Å²) in [6, 6.07) is 1.93. The number of aromatic nitrogens is 4. The van der Waals surface area contributed by atoms with E-state index in [9.17, 15) is 4.79 Å². The maximum absolute atomic E-state index is 12.1. The molecule has 23 heavy (non-hydrogen) atoms. The molecule has 0 aliphatic heterocycles. The fourth-order valence-corrected chi connectivity index (χ4v) is 2.73. The molecule has 3 rings (SSSR count). The van der Waals surface area contributed by atoms with Crippen molar-refractivity contribution in [2.24, 2.45) is 5.92 Å². The first-order valence-corrected chi connectivity index (χ1v) is 8.08. The van der Waals surface area contributed by atoms with Crippen molar-refractivity contribution in [3.8, 4) is 5.95 Å². The lowest BCUT2D eigenvalue weighted by atomic mass is 10.1. The quantitative estimate of drug-likeness (QED) is 0.916. The molecule has 1 N–H and O–H groups in total. The number of hydrogen-bond donors (Lipinski definition) is 1. The predicted molar refractivity (Wildman–Crippen MR) is 87.5 cm³/mol. The molecule has 6 nitrogen and oxygen atoms in total. The van der Waals surface area contributed by atoms with Crippen molar-refractivity contribution in [2.45, 2.75) is 47.0 Å². The van der Waals surface area contributed by atoms with Gasteiger partial charge in [0.2, 0.25) is 5.91 Å². The number of carbonyl (C=O) groups is 1. The van der Waals surface area contributed by atoms with Gasteiger partial charge in [-0.1, -0.05) is 0 Å². The minimum atomic E-state index is 0.0593. The Kier molecular flexibility index (Phi) is 4.15. The molecule has 1 aliphatic carbocycles. The summed E-state index contributed by atoms with van der Waals surface area (Å²) in [5, 5.41) is 7.54. The van der Waals surface area contributed by atoms with Crippen molar-refractivity contribution in [1.29, 1.82) is 0 Å². The molecule has 1 amide bonds. The monoisotopic (exact) mass is 313 g/mol. The normalized spacial score (nSPS) is 14.1. The third-order valence-electron chi connectivity index (χ3n) is 4.22. The number of nitrogens with one attached hydrogen (secondary N) is 1. The fraction of sp³-hybridized carbons (Fsp3) is 0.529. The summed E-state index contributed by atoms with van der Waals surface area (Å²) in [4.78, 5) is 21.0. The summed E-state index contributed by atoms with van der Waals surface area (Å²) >= 11 is 0. The molecule has 0 aromatic carbocycles. The highest BCUT2D eigenvalue weighted by molar-refractivity contribution is 5.79. The topological polar surface area (TPSA) is 72.7 Å². The molecule has 0 spiro atoms. The molecular formula is C17H23N5O. The van der Waals surface area contributed by atoms with E-state index in [4.69, 9.17) is 0 Å². The molecular weight excluding hydrogens is 290 g/mol. The van der Waals surface area contributed by atoms with Crippen LogP contribution in [0.25, 0.3) is 5.95 Å². The second-order valence-corrected chi connectivity index (χ2v) is 6.44. The van der Waals surface area contributed by atoms with E-state index in [-0.39, 0.29) is 5.91 Å².